The first kappa shape index (κ1) is 23.6. The Morgan fingerprint density at radius 3 is 2.13 bits per heavy atom. The van der Waals surface area contributed by atoms with Crippen molar-refractivity contribution in [2.45, 2.75) is 6.18 Å². The summed E-state index contributed by atoms with van der Waals surface area (Å²) in [5, 5.41) is 13.7. The third kappa shape index (κ3) is 4.73. The van der Waals surface area contributed by atoms with Crippen LogP contribution < -0.4 is 24.4 Å². The highest BCUT2D eigenvalue weighted by molar-refractivity contribution is 6.09. The zero-order chi connectivity index (χ0) is 23.5. The molecule has 1 amide bonds. The molecule has 1 N–H and O–H groups in total. The summed E-state index contributed by atoms with van der Waals surface area (Å²) in [5.74, 6) is -1.78. The number of amides is 1. The van der Waals surface area contributed by atoms with E-state index in [0.29, 0.717) is 0 Å². The number of benzene rings is 2. The molecule has 0 aliphatic carbocycles. The Balaban J connectivity index is 2.65. The van der Waals surface area contributed by atoms with Crippen molar-refractivity contribution in [3.8, 4) is 17.2 Å². The Labute approximate surface area is 175 Å². The van der Waals surface area contributed by atoms with Gasteiger partial charge in [-0.15, -0.1) is 0 Å². The van der Waals surface area contributed by atoms with E-state index in [1.165, 1.54) is 25.2 Å². The molecule has 0 saturated carbocycles. The highest BCUT2D eigenvalue weighted by atomic mass is 19.4. The minimum atomic E-state index is -4.78. The molecule has 0 aromatic heterocycles. The molecular formula is C19H20F3N3O6. The Morgan fingerprint density at radius 1 is 1.06 bits per heavy atom. The van der Waals surface area contributed by atoms with Gasteiger partial charge in [0.15, 0.2) is 5.75 Å². The second-order valence-electron chi connectivity index (χ2n) is 6.37. The number of hydrogen-bond acceptors (Lipinski definition) is 7. The van der Waals surface area contributed by atoms with E-state index in [1.807, 2.05) is 0 Å². The largest absolute Gasteiger partial charge is 0.493 e. The summed E-state index contributed by atoms with van der Waals surface area (Å²) in [6.45, 7) is 0. The van der Waals surface area contributed by atoms with Crippen LogP contribution in [-0.4, -0.2) is 46.3 Å². The number of nitrogens with one attached hydrogen (secondary N) is 1. The van der Waals surface area contributed by atoms with Gasteiger partial charge in [0.1, 0.15) is 5.56 Å². The predicted octanol–water partition coefficient (Wildman–Crippen LogP) is 3.96. The Morgan fingerprint density at radius 2 is 1.68 bits per heavy atom. The minimum absolute atomic E-state index is 0.0749. The average Bonchev–Trinajstić information content (AvgIpc) is 2.70. The number of nitro groups is 1. The number of anilines is 2. The quantitative estimate of drug-likeness (QED) is 0.510. The van der Waals surface area contributed by atoms with Crippen LogP contribution in [0.3, 0.4) is 0 Å². The van der Waals surface area contributed by atoms with E-state index in [-0.39, 0.29) is 17.2 Å². The van der Waals surface area contributed by atoms with Crippen molar-refractivity contribution in [3.63, 3.8) is 0 Å². The van der Waals surface area contributed by atoms with Gasteiger partial charge in [-0.1, -0.05) is 0 Å². The highest BCUT2D eigenvalue weighted by Crippen LogP contribution is 2.46. The number of rotatable bonds is 7. The fraction of sp³-hybridized carbons (Fsp3) is 0.316. The molecule has 31 heavy (non-hydrogen) atoms. The molecule has 0 unspecified atom stereocenters. The molecule has 12 heteroatoms. The summed E-state index contributed by atoms with van der Waals surface area (Å²) < 4.78 is 55.8. The maximum atomic E-state index is 13.6. The Kier molecular flexibility index (Phi) is 6.83. The van der Waals surface area contributed by atoms with Crippen LogP contribution in [0, 0.1) is 10.1 Å². The van der Waals surface area contributed by atoms with Crippen molar-refractivity contribution in [2.75, 3.05) is 45.6 Å². The Hall–Kier alpha value is -3.70. The van der Waals surface area contributed by atoms with E-state index < -0.39 is 45.3 Å². The fourth-order valence-electron chi connectivity index (χ4n) is 2.84. The van der Waals surface area contributed by atoms with Crippen LogP contribution in [0.1, 0.15) is 15.9 Å². The first-order chi connectivity index (χ1) is 14.5. The monoisotopic (exact) mass is 443 g/mol. The lowest BCUT2D eigenvalue weighted by atomic mass is 10.1. The second kappa shape index (κ2) is 8.98. The fourth-order valence-corrected chi connectivity index (χ4v) is 2.84. The van der Waals surface area contributed by atoms with Gasteiger partial charge < -0.3 is 24.4 Å². The third-order valence-electron chi connectivity index (χ3n) is 4.30. The molecule has 168 valence electrons. The summed E-state index contributed by atoms with van der Waals surface area (Å²) in [6.07, 6.45) is -4.78. The van der Waals surface area contributed by atoms with Crippen molar-refractivity contribution < 1.29 is 37.1 Å². The molecule has 0 aliphatic heterocycles. The number of nitrogens with zero attached hydrogens (tertiary/aromatic N) is 2. The molecular weight excluding hydrogens is 423 g/mol. The highest BCUT2D eigenvalue weighted by Gasteiger charge is 2.36. The van der Waals surface area contributed by atoms with Crippen LogP contribution in [0.5, 0.6) is 17.2 Å². The van der Waals surface area contributed by atoms with Gasteiger partial charge in [-0.3, -0.25) is 14.9 Å². The van der Waals surface area contributed by atoms with E-state index in [0.717, 1.165) is 25.3 Å². The Bertz CT molecular complexity index is 1010. The maximum absolute atomic E-state index is 13.6. The number of methoxy groups -OCH3 is 3. The van der Waals surface area contributed by atoms with Gasteiger partial charge in [0.05, 0.1) is 37.5 Å². The number of ether oxygens (including phenoxy) is 3. The molecule has 2 aromatic carbocycles. The zero-order valence-corrected chi connectivity index (χ0v) is 17.3. The molecule has 0 heterocycles. The number of carbonyl (C=O) groups is 1. The van der Waals surface area contributed by atoms with Crippen LogP contribution in [-0.2, 0) is 6.18 Å². The van der Waals surface area contributed by atoms with Crippen molar-refractivity contribution in [3.05, 3.63) is 45.5 Å². The van der Waals surface area contributed by atoms with E-state index >= 15 is 0 Å². The summed E-state index contributed by atoms with van der Waals surface area (Å²) in [6, 6.07) is 4.30. The zero-order valence-electron chi connectivity index (χ0n) is 17.3. The van der Waals surface area contributed by atoms with E-state index in [1.54, 1.807) is 14.1 Å². The summed E-state index contributed by atoms with van der Waals surface area (Å²) in [7, 11) is 6.69. The molecule has 0 saturated heterocycles. The van der Waals surface area contributed by atoms with E-state index in [2.05, 4.69) is 5.32 Å². The van der Waals surface area contributed by atoms with E-state index in [4.69, 9.17) is 14.2 Å². The molecule has 0 fully saturated rings. The van der Waals surface area contributed by atoms with Gasteiger partial charge in [0, 0.05) is 25.8 Å². The van der Waals surface area contributed by atoms with Gasteiger partial charge in [0.25, 0.3) is 5.91 Å². The van der Waals surface area contributed by atoms with Crippen molar-refractivity contribution >= 4 is 23.0 Å². The molecule has 2 aromatic rings. The molecule has 0 bridgehead atoms. The number of alkyl halides is 3. The number of halogens is 3. The van der Waals surface area contributed by atoms with Gasteiger partial charge in [0.2, 0.25) is 11.5 Å². The smallest absolute Gasteiger partial charge is 0.418 e. The van der Waals surface area contributed by atoms with Crippen LogP contribution >= 0.6 is 0 Å². The number of hydrogen-bond donors (Lipinski definition) is 1. The molecule has 0 radical (unpaired) electrons. The number of carbonyl (C=O) groups excluding carboxylic acids is 1. The summed E-state index contributed by atoms with van der Waals surface area (Å²) in [4.78, 5) is 25.0. The maximum Gasteiger partial charge on any atom is 0.418 e. The first-order valence-electron chi connectivity index (χ1n) is 8.63. The van der Waals surface area contributed by atoms with Gasteiger partial charge in [-0.25, -0.2) is 0 Å². The summed E-state index contributed by atoms with van der Waals surface area (Å²) in [5.41, 5.74) is -2.77. The molecule has 9 nitrogen and oxygen atoms in total. The molecule has 0 atom stereocenters. The van der Waals surface area contributed by atoms with Gasteiger partial charge in [-0.2, -0.15) is 13.2 Å². The lowest BCUT2D eigenvalue weighted by Gasteiger charge is -2.19. The van der Waals surface area contributed by atoms with Crippen LogP contribution in [0.25, 0.3) is 0 Å². The van der Waals surface area contributed by atoms with Crippen molar-refractivity contribution in [1.82, 2.24) is 0 Å². The second-order valence-corrected chi connectivity index (χ2v) is 6.37. The average molecular weight is 443 g/mol. The van der Waals surface area contributed by atoms with Crippen molar-refractivity contribution in [2.24, 2.45) is 0 Å². The van der Waals surface area contributed by atoms with Gasteiger partial charge >= 0.3 is 11.9 Å². The van der Waals surface area contributed by atoms with Crippen LogP contribution in [0.2, 0.25) is 0 Å². The van der Waals surface area contributed by atoms with Crippen LogP contribution in [0.4, 0.5) is 30.2 Å². The molecule has 0 spiro atoms. The standard InChI is InChI=1S/C19H20F3N3O6/c1-24(2)10-6-7-13(12(8-10)19(20,21)22)23-18(26)11-9-14(29-3)16(30-4)17(31-5)15(11)25(27)28/h6-9H,1-5H3,(H,23,26). The summed E-state index contributed by atoms with van der Waals surface area (Å²) >= 11 is 0. The normalized spacial score (nSPS) is 11.0. The first-order valence-corrected chi connectivity index (χ1v) is 8.63. The lowest BCUT2D eigenvalue weighted by Crippen LogP contribution is -2.19. The molecule has 0 aliphatic rings. The third-order valence-corrected chi connectivity index (χ3v) is 4.30. The predicted molar refractivity (Wildman–Crippen MR) is 106 cm³/mol. The number of nitro benzene ring substituents is 1. The van der Waals surface area contributed by atoms with Gasteiger partial charge in [-0.05, 0) is 18.2 Å². The van der Waals surface area contributed by atoms with Crippen LogP contribution in [0.15, 0.2) is 24.3 Å². The lowest BCUT2D eigenvalue weighted by molar-refractivity contribution is -0.386. The topological polar surface area (TPSA) is 103 Å². The van der Waals surface area contributed by atoms with Crippen molar-refractivity contribution in [1.29, 1.82) is 0 Å². The SMILES string of the molecule is COc1cc(C(=O)Nc2ccc(N(C)C)cc2C(F)(F)F)c([N+](=O)[O-])c(OC)c1OC. The minimum Gasteiger partial charge on any atom is -0.493 e. The molecule has 2 rings (SSSR count). The van der Waals surface area contributed by atoms with E-state index in [9.17, 15) is 28.1 Å².